The van der Waals surface area contributed by atoms with Crippen molar-refractivity contribution in [3.8, 4) is 0 Å². The topological polar surface area (TPSA) is 105 Å². The molecule has 0 aliphatic rings. The number of hydrogen-bond donors (Lipinski definition) is 3. The number of anilines is 1. The molecular weight excluding hydrogens is 363 g/mol. The maximum Gasteiger partial charge on any atom is 0.408 e. The largest absolute Gasteiger partial charge is 0.480 e. The zero-order chi connectivity index (χ0) is 19.7. The monoisotopic (exact) mass is 386 g/mol. The Morgan fingerprint density at radius 3 is 2.58 bits per heavy atom. The number of amides is 2. The molecule has 1 aromatic carbocycles. The zero-order valence-corrected chi connectivity index (χ0v) is 15.7. The van der Waals surface area contributed by atoms with Crippen molar-refractivity contribution >= 4 is 35.4 Å². The van der Waals surface area contributed by atoms with Crippen LogP contribution in [0.3, 0.4) is 0 Å². The van der Waals surface area contributed by atoms with E-state index in [9.17, 15) is 18.8 Å². The molecule has 0 saturated heterocycles. The summed E-state index contributed by atoms with van der Waals surface area (Å²) in [7, 11) is 0. The van der Waals surface area contributed by atoms with Crippen LogP contribution in [-0.2, 0) is 14.3 Å². The molecule has 1 unspecified atom stereocenters. The van der Waals surface area contributed by atoms with E-state index in [1.54, 1.807) is 26.8 Å². The Morgan fingerprint density at radius 2 is 2.00 bits per heavy atom. The maximum atomic E-state index is 13.0. The van der Waals surface area contributed by atoms with Crippen LogP contribution in [0.1, 0.15) is 27.2 Å². The van der Waals surface area contributed by atoms with Gasteiger partial charge in [0.2, 0.25) is 5.91 Å². The summed E-state index contributed by atoms with van der Waals surface area (Å²) < 4.78 is 18.1. The van der Waals surface area contributed by atoms with Crippen molar-refractivity contribution in [2.45, 2.75) is 38.8 Å². The first-order chi connectivity index (χ1) is 12.1. The standard InChI is InChI=1S/C17H23FN2O5S/c1-17(2,3)25-16(24)20-13(15(22)23)10-26-8-7-14(21)19-12-6-4-5-11(18)9-12/h4-6,9,13H,7-8,10H2,1-3H3,(H,19,21)(H,20,24)(H,22,23). The summed E-state index contributed by atoms with van der Waals surface area (Å²) in [5.74, 6) is -1.51. The second-order valence-electron chi connectivity index (χ2n) is 6.42. The first kappa shape index (κ1) is 21.8. The average molecular weight is 386 g/mol. The third-order valence-corrected chi connectivity index (χ3v) is 3.92. The Labute approximate surface area is 155 Å². The lowest BCUT2D eigenvalue weighted by molar-refractivity contribution is -0.138. The van der Waals surface area contributed by atoms with Crippen LogP contribution in [0, 0.1) is 5.82 Å². The van der Waals surface area contributed by atoms with Crippen LogP contribution in [-0.4, -0.2) is 46.2 Å². The first-order valence-electron chi connectivity index (χ1n) is 7.92. The molecule has 0 saturated carbocycles. The molecule has 7 nitrogen and oxygen atoms in total. The van der Waals surface area contributed by atoms with Gasteiger partial charge in [-0.15, -0.1) is 0 Å². The fourth-order valence-corrected chi connectivity index (χ4v) is 2.74. The predicted molar refractivity (Wildman–Crippen MR) is 97.8 cm³/mol. The molecule has 3 N–H and O–H groups in total. The molecule has 26 heavy (non-hydrogen) atoms. The molecule has 0 aliphatic carbocycles. The summed E-state index contributed by atoms with van der Waals surface area (Å²) in [6.07, 6.45) is -0.686. The minimum absolute atomic E-state index is 0.0851. The van der Waals surface area contributed by atoms with Gasteiger partial charge >= 0.3 is 12.1 Å². The lowest BCUT2D eigenvalue weighted by atomic mass is 10.2. The number of benzene rings is 1. The Balaban J connectivity index is 2.35. The number of nitrogens with one attached hydrogen (secondary N) is 2. The minimum atomic E-state index is -1.19. The van der Waals surface area contributed by atoms with Gasteiger partial charge < -0.3 is 20.5 Å². The van der Waals surface area contributed by atoms with Crippen LogP contribution in [0.2, 0.25) is 0 Å². The Hall–Kier alpha value is -2.29. The summed E-state index contributed by atoms with van der Waals surface area (Å²) in [4.78, 5) is 34.6. The van der Waals surface area contributed by atoms with E-state index >= 15 is 0 Å². The van der Waals surface area contributed by atoms with E-state index in [4.69, 9.17) is 9.84 Å². The summed E-state index contributed by atoms with van der Waals surface area (Å²) in [5.41, 5.74) is -0.370. The quantitative estimate of drug-likeness (QED) is 0.594. The van der Waals surface area contributed by atoms with Gasteiger partial charge in [-0.2, -0.15) is 11.8 Å². The van der Waals surface area contributed by atoms with Gasteiger partial charge in [0, 0.05) is 23.6 Å². The highest BCUT2D eigenvalue weighted by molar-refractivity contribution is 7.99. The summed E-state index contributed by atoms with van der Waals surface area (Å²) in [6, 6.07) is 4.41. The highest BCUT2D eigenvalue weighted by atomic mass is 32.2. The molecule has 0 fully saturated rings. The molecule has 0 aromatic heterocycles. The van der Waals surface area contributed by atoms with Gasteiger partial charge in [0.25, 0.3) is 0 Å². The number of carbonyl (C=O) groups excluding carboxylic acids is 2. The highest BCUT2D eigenvalue weighted by Crippen LogP contribution is 2.12. The lowest BCUT2D eigenvalue weighted by Gasteiger charge is -2.21. The summed E-state index contributed by atoms with van der Waals surface area (Å²) in [6.45, 7) is 5.02. The molecule has 0 bridgehead atoms. The molecule has 1 rings (SSSR count). The Kier molecular flexibility index (Phi) is 8.37. The van der Waals surface area contributed by atoms with E-state index in [0.717, 1.165) is 0 Å². The number of carbonyl (C=O) groups is 3. The SMILES string of the molecule is CC(C)(C)OC(=O)NC(CSCCC(=O)Nc1cccc(F)c1)C(=O)O. The number of carboxylic acid groups (broad SMARTS) is 1. The summed E-state index contributed by atoms with van der Waals surface area (Å²) >= 11 is 1.21. The van der Waals surface area contributed by atoms with E-state index in [1.807, 2.05) is 0 Å². The van der Waals surface area contributed by atoms with Crippen molar-refractivity contribution in [1.29, 1.82) is 0 Å². The second kappa shape index (κ2) is 10.0. The van der Waals surface area contributed by atoms with Crippen molar-refractivity contribution < 1.29 is 28.6 Å². The van der Waals surface area contributed by atoms with Gasteiger partial charge in [-0.25, -0.2) is 14.0 Å². The fourth-order valence-electron chi connectivity index (χ4n) is 1.78. The van der Waals surface area contributed by atoms with Gasteiger partial charge in [0.15, 0.2) is 0 Å². The van der Waals surface area contributed by atoms with Crippen molar-refractivity contribution in [3.63, 3.8) is 0 Å². The van der Waals surface area contributed by atoms with E-state index < -0.39 is 29.5 Å². The van der Waals surface area contributed by atoms with Gasteiger partial charge in [-0.3, -0.25) is 4.79 Å². The third-order valence-electron chi connectivity index (χ3n) is 2.86. The molecule has 144 valence electrons. The van der Waals surface area contributed by atoms with Crippen LogP contribution in [0.15, 0.2) is 24.3 Å². The first-order valence-corrected chi connectivity index (χ1v) is 9.08. The van der Waals surface area contributed by atoms with Crippen LogP contribution < -0.4 is 10.6 Å². The Bertz CT molecular complexity index is 648. The van der Waals surface area contributed by atoms with Gasteiger partial charge in [-0.05, 0) is 39.0 Å². The second-order valence-corrected chi connectivity index (χ2v) is 7.57. The molecule has 0 aliphatic heterocycles. The van der Waals surface area contributed by atoms with Crippen molar-refractivity contribution in [1.82, 2.24) is 5.32 Å². The van der Waals surface area contributed by atoms with Crippen LogP contribution in [0.5, 0.6) is 0 Å². The molecular formula is C17H23FN2O5S. The number of hydrogen-bond acceptors (Lipinski definition) is 5. The molecule has 2 amide bonds. The van der Waals surface area contributed by atoms with Crippen LogP contribution in [0.4, 0.5) is 14.9 Å². The van der Waals surface area contributed by atoms with Crippen molar-refractivity contribution in [2.24, 2.45) is 0 Å². The zero-order valence-electron chi connectivity index (χ0n) is 14.9. The number of halogens is 1. The number of carboxylic acids is 1. The van der Waals surface area contributed by atoms with Gasteiger partial charge in [-0.1, -0.05) is 6.07 Å². The molecule has 0 heterocycles. The molecule has 1 atom stereocenters. The smallest absolute Gasteiger partial charge is 0.408 e. The highest BCUT2D eigenvalue weighted by Gasteiger charge is 2.23. The average Bonchev–Trinajstić information content (AvgIpc) is 2.48. The molecule has 1 aromatic rings. The minimum Gasteiger partial charge on any atom is -0.480 e. The third kappa shape index (κ3) is 9.26. The van der Waals surface area contributed by atoms with Gasteiger partial charge in [0.1, 0.15) is 17.5 Å². The molecule has 0 spiro atoms. The predicted octanol–water partition coefficient (Wildman–Crippen LogP) is 2.87. The fraction of sp³-hybridized carbons (Fsp3) is 0.471. The van der Waals surface area contributed by atoms with E-state index in [1.165, 1.54) is 30.0 Å². The number of rotatable bonds is 8. The molecule has 0 radical (unpaired) electrons. The van der Waals surface area contributed by atoms with E-state index in [0.29, 0.717) is 11.4 Å². The van der Waals surface area contributed by atoms with E-state index in [2.05, 4.69) is 10.6 Å². The normalized spacial score (nSPS) is 12.2. The van der Waals surface area contributed by atoms with Gasteiger partial charge in [0.05, 0.1) is 0 Å². The van der Waals surface area contributed by atoms with Crippen LogP contribution in [0.25, 0.3) is 0 Å². The lowest BCUT2D eigenvalue weighted by Crippen LogP contribution is -2.45. The number of aliphatic carboxylic acids is 1. The summed E-state index contributed by atoms with van der Waals surface area (Å²) in [5, 5.41) is 14.0. The molecule has 9 heteroatoms. The number of ether oxygens (including phenoxy) is 1. The Morgan fingerprint density at radius 1 is 1.31 bits per heavy atom. The van der Waals surface area contributed by atoms with E-state index in [-0.39, 0.29) is 18.1 Å². The number of thioether (sulfide) groups is 1. The maximum absolute atomic E-state index is 13.0. The van der Waals surface area contributed by atoms with Crippen LogP contribution >= 0.6 is 11.8 Å². The van der Waals surface area contributed by atoms with Crippen molar-refractivity contribution in [3.05, 3.63) is 30.1 Å². The van der Waals surface area contributed by atoms with Crippen molar-refractivity contribution in [2.75, 3.05) is 16.8 Å². The number of alkyl carbamates (subject to hydrolysis) is 1.